The lowest BCUT2D eigenvalue weighted by atomic mass is 9.95. The molecule has 0 atom stereocenters. The number of hydrogen-bond acceptors (Lipinski definition) is 2. The monoisotopic (exact) mass is 663 g/mol. The van der Waals surface area contributed by atoms with Crippen molar-refractivity contribution in [2.24, 2.45) is 0 Å². The Kier molecular flexibility index (Phi) is 7.18. The molecule has 9 aromatic carbocycles. The Morgan fingerprint density at radius 1 is 0.346 bits per heavy atom. The molecule has 0 radical (unpaired) electrons. The van der Waals surface area contributed by atoms with Crippen LogP contribution in [0.3, 0.4) is 0 Å². The number of hydrogen-bond donors (Lipinski definition) is 0. The van der Waals surface area contributed by atoms with Crippen molar-refractivity contribution in [1.82, 2.24) is 0 Å². The Balaban J connectivity index is 1.24. The topological polar surface area (TPSA) is 16.4 Å². The lowest BCUT2D eigenvalue weighted by Crippen LogP contribution is -2.10. The molecule has 0 bridgehead atoms. The van der Waals surface area contributed by atoms with Crippen LogP contribution in [-0.4, -0.2) is 0 Å². The SMILES string of the molecule is c1ccc(-c2ccc(N(c3cccc(-c4ccccc4)c3)c3cc4c(oc5cccc(-c6ccc7ccccc7c6)c54)c4ccccc34)cc2)cc1. The number of nitrogens with zero attached hydrogens (tertiary/aromatic N) is 1. The summed E-state index contributed by atoms with van der Waals surface area (Å²) in [6.07, 6.45) is 0. The van der Waals surface area contributed by atoms with Crippen molar-refractivity contribution in [2.45, 2.75) is 0 Å². The smallest absolute Gasteiger partial charge is 0.143 e. The molecule has 2 heteroatoms. The van der Waals surface area contributed by atoms with Gasteiger partial charge in [-0.2, -0.15) is 0 Å². The van der Waals surface area contributed by atoms with E-state index < -0.39 is 0 Å². The van der Waals surface area contributed by atoms with E-state index in [4.69, 9.17) is 4.42 Å². The van der Waals surface area contributed by atoms with Crippen molar-refractivity contribution < 1.29 is 4.42 Å². The van der Waals surface area contributed by atoms with Gasteiger partial charge in [0.25, 0.3) is 0 Å². The quantitative estimate of drug-likeness (QED) is 0.176. The van der Waals surface area contributed by atoms with E-state index >= 15 is 0 Å². The average molecular weight is 664 g/mol. The molecule has 10 rings (SSSR count). The predicted octanol–water partition coefficient (Wildman–Crippen LogP) is 14.4. The molecule has 0 aliphatic rings. The highest BCUT2D eigenvalue weighted by Crippen LogP contribution is 2.47. The van der Waals surface area contributed by atoms with Crippen LogP contribution < -0.4 is 4.90 Å². The maximum Gasteiger partial charge on any atom is 0.143 e. The van der Waals surface area contributed by atoms with Crippen molar-refractivity contribution in [3.05, 3.63) is 200 Å². The molecule has 2 nitrogen and oxygen atoms in total. The van der Waals surface area contributed by atoms with Crippen LogP contribution in [0.25, 0.3) is 76.9 Å². The third-order valence-electron chi connectivity index (χ3n) is 10.2. The molecule has 0 N–H and O–H groups in total. The lowest BCUT2D eigenvalue weighted by Gasteiger charge is -2.28. The van der Waals surface area contributed by atoms with Crippen LogP contribution in [0.15, 0.2) is 205 Å². The first-order valence-corrected chi connectivity index (χ1v) is 17.8. The standard InChI is InChI=1S/C50H33NO/c1-3-13-34(14-4-1)37-27-29-41(30-28-37)51(42-20-11-19-39(32-42)35-15-5-2-6-16-35)47-33-46-49-43(40-26-25-36-17-7-8-18-38(36)31-40)23-12-24-48(49)52-50(46)45-22-10-9-21-44(45)47/h1-33H. The molecule has 10 aromatic rings. The van der Waals surface area contributed by atoms with Gasteiger partial charge in [-0.15, -0.1) is 0 Å². The molecule has 52 heavy (non-hydrogen) atoms. The zero-order chi connectivity index (χ0) is 34.4. The average Bonchev–Trinajstić information content (AvgIpc) is 3.61. The summed E-state index contributed by atoms with van der Waals surface area (Å²) in [5.41, 5.74) is 12.1. The third-order valence-corrected chi connectivity index (χ3v) is 10.2. The summed E-state index contributed by atoms with van der Waals surface area (Å²) in [5, 5.41) is 6.88. The van der Waals surface area contributed by atoms with Crippen molar-refractivity contribution >= 4 is 60.5 Å². The van der Waals surface area contributed by atoms with Gasteiger partial charge in [0.15, 0.2) is 0 Å². The first-order chi connectivity index (χ1) is 25.8. The van der Waals surface area contributed by atoms with Gasteiger partial charge in [-0.25, -0.2) is 0 Å². The van der Waals surface area contributed by atoms with Crippen LogP contribution in [0.1, 0.15) is 0 Å². The largest absolute Gasteiger partial charge is 0.455 e. The highest BCUT2D eigenvalue weighted by Gasteiger charge is 2.22. The van der Waals surface area contributed by atoms with Gasteiger partial charge >= 0.3 is 0 Å². The van der Waals surface area contributed by atoms with E-state index in [0.717, 1.165) is 55.3 Å². The minimum atomic E-state index is 0.882. The van der Waals surface area contributed by atoms with E-state index in [1.807, 2.05) is 0 Å². The number of rotatable bonds is 6. The zero-order valence-electron chi connectivity index (χ0n) is 28.4. The Bertz CT molecular complexity index is 2890. The Morgan fingerprint density at radius 2 is 0.962 bits per heavy atom. The van der Waals surface area contributed by atoms with Crippen molar-refractivity contribution in [2.75, 3.05) is 4.90 Å². The minimum Gasteiger partial charge on any atom is -0.455 e. The second kappa shape index (κ2) is 12.5. The molecule has 0 amide bonds. The summed E-state index contributed by atoms with van der Waals surface area (Å²) in [6.45, 7) is 0. The maximum atomic E-state index is 6.78. The van der Waals surface area contributed by atoms with Gasteiger partial charge < -0.3 is 9.32 Å². The highest BCUT2D eigenvalue weighted by atomic mass is 16.3. The number of benzene rings is 9. The van der Waals surface area contributed by atoms with Gasteiger partial charge in [-0.1, -0.05) is 158 Å². The van der Waals surface area contributed by atoms with Gasteiger partial charge in [-0.3, -0.25) is 0 Å². The van der Waals surface area contributed by atoms with Crippen LogP contribution in [0.5, 0.6) is 0 Å². The third kappa shape index (κ3) is 5.12. The molecule has 244 valence electrons. The number of fused-ring (bicyclic) bond motifs is 6. The number of furan rings is 1. The van der Waals surface area contributed by atoms with Gasteiger partial charge in [0.1, 0.15) is 11.2 Å². The molecule has 0 fully saturated rings. The van der Waals surface area contributed by atoms with E-state index in [9.17, 15) is 0 Å². The Morgan fingerprint density at radius 3 is 1.75 bits per heavy atom. The molecule has 0 spiro atoms. The highest BCUT2D eigenvalue weighted by molar-refractivity contribution is 6.22. The summed E-state index contributed by atoms with van der Waals surface area (Å²) in [6, 6.07) is 71.7. The summed E-state index contributed by atoms with van der Waals surface area (Å²) < 4.78 is 6.78. The fourth-order valence-electron chi connectivity index (χ4n) is 7.73. The molecule has 1 heterocycles. The summed E-state index contributed by atoms with van der Waals surface area (Å²) in [5.74, 6) is 0. The summed E-state index contributed by atoms with van der Waals surface area (Å²) in [7, 11) is 0. The van der Waals surface area contributed by atoms with Crippen molar-refractivity contribution in [3.63, 3.8) is 0 Å². The molecule has 0 saturated heterocycles. The molecule has 0 unspecified atom stereocenters. The van der Waals surface area contributed by atoms with E-state index in [1.54, 1.807) is 0 Å². The van der Waals surface area contributed by atoms with Gasteiger partial charge in [-0.05, 0) is 86.6 Å². The van der Waals surface area contributed by atoms with E-state index in [0.29, 0.717) is 0 Å². The predicted molar refractivity (Wildman–Crippen MR) is 220 cm³/mol. The summed E-state index contributed by atoms with van der Waals surface area (Å²) >= 11 is 0. The normalized spacial score (nSPS) is 11.5. The lowest BCUT2D eigenvalue weighted by molar-refractivity contribution is 0.673. The van der Waals surface area contributed by atoms with Crippen LogP contribution in [0.2, 0.25) is 0 Å². The molecular formula is C50H33NO. The Hall–Kier alpha value is -6.90. The second-order valence-electron chi connectivity index (χ2n) is 13.3. The van der Waals surface area contributed by atoms with E-state index in [1.165, 1.54) is 38.6 Å². The van der Waals surface area contributed by atoms with Crippen molar-refractivity contribution in [1.29, 1.82) is 0 Å². The molecule has 0 aliphatic heterocycles. The summed E-state index contributed by atoms with van der Waals surface area (Å²) in [4.78, 5) is 2.40. The van der Waals surface area contributed by atoms with Crippen molar-refractivity contribution in [3.8, 4) is 33.4 Å². The first kappa shape index (κ1) is 30.0. The fourth-order valence-corrected chi connectivity index (χ4v) is 7.73. The molecular weight excluding hydrogens is 631 g/mol. The van der Waals surface area contributed by atoms with Crippen LogP contribution in [-0.2, 0) is 0 Å². The van der Waals surface area contributed by atoms with E-state index in [-0.39, 0.29) is 0 Å². The van der Waals surface area contributed by atoms with Gasteiger partial charge in [0, 0.05) is 32.9 Å². The number of anilines is 3. The maximum absolute atomic E-state index is 6.78. The molecule has 0 saturated carbocycles. The fraction of sp³-hybridized carbons (Fsp3) is 0. The zero-order valence-corrected chi connectivity index (χ0v) is 28.4. The Labute approximate surface area is 302 Å². The first-order valence-electron chi connectivity index (χ1n) is 17.8. The van der Waals surface area contributed by atoms with Crippen LogP contribution >= 0.6 is 0 Å². The molecule has 0 aliphatic carbocycles. The van der Waals surface area contributed by atoms with Gasteiger partial charge in [0.2, 0.25) is 0 Å². The second-order valence-corrected chi connectivity index (χ2v) is 13.3. The van der Waals surface area contributed by atoms with Gasteiger partial charge in [0.05, 0.1) is 5.69 Å². The van der Waals surface area contributed by atoms with Crippen LogP contribution in [0, 0.1) is 0 Å². The minimum absolute atomic E-state index is 0.882. The molecule has 1 aromatic heterocycles. The van der Waals surface area contributed by atoms with E-state index in [2.05, 4.69) is 205 Å². The van der Waals surface area contributed by atoms with Crippen LogP contribution in [0.4, 0.5) is 17.1 Å².